The second-order valence-electron chi connectivity index (χ2n) is 2.39. The molecule has 0 unspecified atom stereocenters. The summed E-state index contributed by atoms with van der Waals surface area (Å²) in [6.07, 6.45) is 2.66. The predicted molar refractivity (Wildman–Crippen MR) is 64.5 cm³/mol. The van der Waals surface area contributed by atoms with Gasteiger partial charge in [0.1, 0.15) is 0 Å². The molecule has 0 heterocycles. The summed E-state index contributed by atoms with van der Waals surface area (Å²) in [7, 11) is 2.21. The molecule has 0 fully saturated rings. The van der Waals surface area contributed by atoms with Crippen LogP contribution in [-0.2, 0) is 0 Å². The van der Waals surface area contributed by atoms with E-state index in [1.807, 2.05) is 0 Å². The molecular formula is C7H15I2N. The van der Waals surface area contributed by atoms with Crippen molar-refractivity contribution in [2.45, 2.75) is 12.8 Å². The van der Waals surface area contributed by atoms with Crippen molar-refractivity contribution in [3.05, 3.63) is 0 Å². The van der Waals surface area contributed by atoms with Gasteiger partial charge < -0.3 is 4.90 Å². The maximum atomic E-state index is 2.43. The van der Waals surface area contributed by atoms with Crippen LogP contribution in [0.25, 0.3) is 0 Å². The van der Waals surface area contributed by atoms with Gasteiger partial charge in [-0.15, -0.1) is 0 Å². The number of rotatable bonds is 6. The first-order chi connectivity index (χ1) is 4.81. The lowest BCUT2D eigenvalue weighted by Crippen LogP contribution is -2.21. The Labute approximate surface area is 91.2 Å². The first kappa shape index (κ1) is 11.4. The molecule has 0 bridgehead atoms. The highest BCUT2D eigenvalue weighted by Gasteiger charge is 1.94. The van der Waals surface area contributed by atoms with Crippen LogP contribution in [0.5, 0.6) is 0 Å². The summed E-state index contributed by atoms with van der Waals surface area (Å²) in [6.45, 7) is 2.53. The number of hydrogen-bond donors (Lipinski definition) is 0. The molecule has 0 atom stereocenters. The highest BCUT2D eigenvalue weighted by atomic mass is 127. The summed E-state index contributed by atoms with van der Waals surface area (Å²) in [4.78, 5) is 2.41. The van der Waals surface area contributed by atoms with E-state index in [1.165, 1.54) is 34.8 Å². The topological polar surface area (TPSA) is 3.24 Å². The fourth-order valence-electron chi connectivity index (χ4n) is 0.771. The zero-order chi connectivity index (χ0) is 7.82. The zero-order valence-corrected chi connectivity index (χ0v) is 10.8. The van der Waals surface area contributed by atoms with Gasteiger partial charge in [0, 0.05) is 8.86 Å². The fourth-order valence-corrected chi connectivity index (χ4v) is 1.45. The SMILES string of the molecule is CN(CCCI)CCCI. The van der Waals surface area contributed by atoms with Crippen LogP contribution >= 0.6 is 45.2 Å². The molecule has 3 heteroatoms. The highest BCUT2D eigenvalue weighted by molar-refractivity contribution is 14.1. The molecule has 0 aromatic carbocycles. The van der Waals surface area contributed by atoms with E-state index in [9.17, 15) is 0 Å². The minimum atomic E-state index is 1.26. The molecule has 0 aliphatic heterocycles. The Balaban J connectivity index is 3.00. The molecule has 0 saturated heterocycles. The second kappa shape index (κ2) is 8.52. The van der Waals surface area contributed by atoms with Gasteiger partial charge in [-0.2, -0.15) is 0 Å². The molecule has 0 amide bonds. The quantitative estimate of drug-likeness (QED) is 0.516. The van der Waals surface area contributed by atoms with Crippen LogP contribution in [0.1, 0.15) is 12.8 Å². The van der Waals surface area contributed by atoms with Gasteiger partial charge in [0.15, 0.2) is 0 Å². The van der Waals surface area contributed by atoms with Crippen molar-refractivity contribution in [2.24, 2.45) is 0 Å². The van der Waals surface area contributed by atoms with Gasteiger partial charge in [-0.1, -0.05) is 45.2 Å². The van der Waals surface area contributed by atoms with Crippen molar-refractivity contribution in [3.63, 3.8) is 0 Å². The summed E-state index contributed by atoms with van der Waals surface area (Å²) in [6, 6.07) is 0. The molecule has 0 aromatic rings. The van der Waals surface area contributed by atoms with Crippen LogP contribution in [0.4, 0.5) is 0 Å². The van der Waals surface area contributed by atoms with Crippen LogP contribution < -0.4 is 0 Å². The Morgan fingerprint density at radius 2 is 1.40 bits per heavy atom. The average molecular weight is 367 g/mol. The van der Waals surface area contributed by atoms with E-state index in [2.05, 4.69) is 57.1 Å². The normalized spacial score (nSPS) is 10.8. The molecule has 10 heavy (non-hydrogen) atoms. The molecule has 0 radical (unpaired) electrons. The third kappa shape index (κ3) is 7.53. The Hall–Kier alpha value is 1.42. The first-order valence-corrected chi connectivity index (χ1v) is 6.67. The Morgan fingerprint density at radius 3 is 1.70 bits per heavy atom. The first-order valence-electron chi connectivity index (χ1n) is 3.61. The van der Waals surface area contributed by atoms with Crippen molar-refractivity contribution in [1.82, 2.24) is 4.90 Å². The summed E-state index contributed by atoms with van der Waals surface area (Å²) < 4.78 is 2.57. The largest absolute Gasteiger partial charge is 0.306 e. The van der Waals surface area contributed by atoms with E-state index < -0.39 is 0 Å². The molecule has 0 spiro atoms. The minimum absolute atomic E-state index is 1.26. The van der Waals surface area contributed by atoms with E-state index in [0.29, 0.717) is 0 Å². The lowest BCUT2D eigenvalue weighted by Gasteiger charge is -2.14. The monoisotopic (exact) mass is 367 g/mol. The van der Waals surface area contributed by atoms with Gasteiger partial charge in [0.05, 0.1) is 0 Å². The molecule has 0 N–H and O–H groups in total. The van der Waals surface area contributed by atoms with Crippen LogP contribution in [0.3, 0.4) is 0 Å². The van der Waals surface area contributed by atoms with E-state index in [0.717, 1.165) is 0 Å². The summed E-state index contributed by atoms with van der Waals surface area (Å²) in [5, 5.41) is 0. The van der Waals surface area contributed by atoms with Gasteiger partial charge in [-0.3, -0.25) is 0 Å². The van der Waals surface area contributed by atoms with Crippen molar-refractivity contribution < 1.29 is 0 Å². The molecule has 62 valence electrons. The maximum absolute atomic E-state index is 2.43. The van der Waals surface area contributed by atoms with Gasteiger partial charge in [0.25, 0.3) is 0 Å². The molecule has 0 aliphatic rings. The Kier molecular flexibility index (Phi) is 9.73. The maximum Gasteiger partial charge on any atom is 0.000744 e. The van der Waals surface area contributed by atoms with Gasteiger partial charge in [-0.05, 0) is 33.0 Å². The average Bonchev–Trinajstić information content (AvgIpc) is 1.97. The van der Waals surface area contributed by atoms with Crippen molar-refractivity contribution in [3.8, 4) is 0 Å². The van der Waals surface area contributed by atoms with E-state index in [-0.39, 0.29) is 0 Å². The number of hydrogen-bond acceptors (Lipinski definition) is 1. The molecular weight excluding hydrogens is 352 g/mol. The number of halogens is 2. The predicted octanol–water partition coefficient (Wildman–Crippen LogP) is 2.57. The minimum Gasteiger partial charge on any atom is -0.306 e. The molecule has 0 rings (SSSR count). The second-order valence-corrected chi connectivity index (χ2v) is 4.55. The summed E-state index contributed by atoms with van der Waals surface area (Å²) in [5.41, 5.74) is 0. The van der Waals surface area contributed by atoms with E-state index in [4.69, 9.17) is 0 Å². The Morgan fingerprint density at radius 1 is 1.00 bits per heavy atom. The van der Waals surface area contributed by atoms with E-state index in [1.54, 1.807) is 0 Å². The summed E-state index contributed by atoms with van der Waals surface area (Å²) in [5.74, 6) is 0. The lowest BCUT2D eigenvalue weighted by molar-refractivity contribution is 0.339. The van der Waals surface area contributed by atoms with Crippen LogP contribution in [0.2, 0.25) is 0 Å². The molecule has 1 nitrogen and oxygen atoms in total. The third-order valence-corrected chi connectivity index (χ3v) is 2.87. The fraction of sp³-hybridized carbons (Fsp3) is 1.00. The summed E-state index contributed by atoms with van der Waals surface area (Å²) >= 11 is 4.86. The van der Waals surface area contributed by atoms with Crippen LogP contribution in [-0.4, -0.2) is 33.9 Å². The molecule has 0 aromatic heterocycles. The van der Waals surface area contributed by atoms with Gasteiger partial charge >= 0.3 is 0 Å². The third-order valence-electron chi connectivity index (χ3n) is 1.35. The van der Waals surface area contributed by atoms with Crippen molar-refractivity contribution in [1.29, 1.82) is 0 Å². The Bertz CT molecular complexity index is 60.6. The highest BCUT2D eigenvalue weighted by Crippen LogP contribution is 1.95. The van der Waals surface area contributed by atoms with Crippen molar-refractivity contribution in [2.75, 3.05) is 29.0 Å². The standard InChI is InChI=1S/C7H15I2N/c1-10(6-2-4-8)7-3-5-9/h2-7H2,1H3. The smallest absolute Gasteiger partial charge is 0.000744 e. The number of alkyl halides is 2. The zero-order valence-electron chi connectivity index (χ0n) is 6.45. The van der Waals surface area contributed by atoms with Crippen LogP contribution in [0.15, 0.2) is 0 Å². The van der Waals surface area contributed by atoms with Gasteiger partial charge in [0.2, 0.25) is 0 Å². The van der Waals surface area contributed by atoms with E-state index >= 15 is 0 Å². The van der Waals surface area contributed by atoms with Gasteiger partial charge in [-0.25, -0.2) is 0 Å². The molecule has 0 saturated carbocycles. The lowest BCUT2D eigenvalue weighted by atomic mass is 10.4. The van der Waals surface area contributed by atoms with Crippen molar-refractivity contribution >= 4 is 45.2 Å². The molecule has 0 aliphatic carbocycles. The van der Waals surface area contributed by atoms with Crippen LogP contribution in [0, 0.1) is 0 Å². The number of nitrogens with zero attached hydrogens (tertiary/aromatic N) is 1.